The molecule has 6 heteroatoms. The predicted molar refractivity (Wildman–Crippen MR) is 75.7 cm³/mol. The molecular weight excluding hydrogens is 266 g/mol. The van der Waals surface area contributed by atoms with E-state index in [4.69, 9.17) is 11.6 Å². The van der Waals surface area contributed by atoms with E-state index in [0.717, 1.165) is 17.8 Å². The number of halogens is 1. The molecule has 108 valence electrons. The van der Waals surface area contributed by atoms with Crippen molar-refractivity contribution in [1.29, 1.82) is 0 Å². The second kappa shape index (κ2) is 6.39. The number of carboxylic acid groups (broad SMARTS) is 1. The summed E-state index contributed by atoms with van der Waals surface area (Å²) >= 11 is 6.08. The Morgan fingerprint density at radius 3 is 2.58 bits per heavy atom. The van der Waals surface area contributed by atoms with Crippen LogP contribution in [-0.2, 0) is 11.3 Å². The lowest BCUT2D eigenvalue weighted by molar-refractivity contribution is -0.144. The van der Waals surface area contributed by atoms with Crippen LogP contribution < -0.4 is 5.32 Å². The topological polar surface area (TPSA) is 67.2 Å². The molecule has 1 rings (SSSR count). The molecule has 0 amide bonds. The number of nitrogens with one attached hydrogen (secondary N) is 1. The van der Waals surface area contributed by atoms with E-state index in [0.29, 0.717) is 24.5 Å². The summed E-state index contributed by atoms with van der Waals surface area (Å²) in [6, 6.07) is 0. The number of aromatic nitrogens is 2. The van der Waals surface area contributed by atoms with Crippen molar-refractivity contribution in [2.75, 3.05) is 6.54 Å². The zero-order valence-corrected chi connectivity index (χ0v) is 12.7. The summed E-state index contributed by atoms with van der Waals surface area (Å²) in [4.78, 5) is 11.4. The van der Waals surface area contributed by atoms with Crippen LogP contribution in [0.3, 0.4) is 0 Å². The maximum atomic E-state index is 11.4. The second-order valence-electron chi connectivity index (χ2n) is 5.02. The average Bonchev–Trinajstić information content (AvgIpc) is 2.61. The highest BCUT2D eigenvalue weighted by molar-refractivity contribution is 6.31. The minimum absolute atomic E-state index is 0.459. The van der Waals surface area contributed by atoms with E-state index in [1.54, 1.807) is 11.6 Å². The van der Waals surface area contributed by atoms with Crippen LogP contribution in [0.4, 0.5) is 0 Å². The first-order valence-corrected chi connectivity index (χ1v) is 6.87. The minimum atomic E-state index is -0.936. The maximum Gasteiger partial charge on any atom is 0.323 e. The van der Waals surface area contributed by atoms with Gasteiger partial charge in [-0.1, -0.05) is 18.5 Å². The third-order valence-corrected chi connectivity index (χ3v) is 3.90. The van der Waals surface area contributed by atoms with Crippen molar-refractivity contribution in [3.8, 4) is 0 Å². The molecule has 0 aliphatic rings. The molecule has 0 saturated heterocycles. The van der Waals surface area contributed by atoms with Gasteiger partial charge >= 0.3 is 5.97 Å². The molecule has 0 aliphatic heterocycles. The molecule has 1 atom stereocenters. The van der Waals surface area contributed by atoms with Gasteiger partial charge in [0.1, 0.15) is 5.54 Å². The van der Waals surface area contributed by atoms with Crippen molar-refractivity contribution in [1.82, 2.24) is 15.1 Å². The Labute approximate surface area is 118 Å². The summed E-state index contributed by atoms with van der Waals surface area (Å²) in [6.45, 7) is 8.66. The van der Waals surface area contributed by atoms with Crippen molar-refractivity contribution in [3.63, 3.8) is 0 Å². The normalized spacial score (nSPS) is 14.4. The number of aliphatic carboxylic acids is 1. The van der Waals surface area contributed by atoms with Crippen LogP contribution >= 0.6 is 11.6 Å². The lowest BCUT2D eigenvalue weighted by Crippen LogP contribution is -2.50. The predicted octanol–water partition coefficient (Wildman–Crippen LogP) is 2.39. The maximum absolute atomic E-state index is 11.4. The summed E-state index contributed by atoms with van der Waals surface area (Å²) < 4.78 is 1.77. The summed E-state index contributed by atoms with van der Waals surface area (Å²) in [5, 5.41) is 17.4. The Balaban J connectivity index is 2.76. The van der Waals surface area contributed by atoms with Gasteiger partial charge in [-0.05, 0) is 40.2 Å². The van der Waals surface area contributed by atoms with E-state index < -0.39 is 11.5 Å². The highest BCUT2D eigenvalue weighted by Crippen LogP contribution is 2.20. The fourth-order valence-corrected chi connectivity index (χ4v) is 2.03. The van der Waals surface area contributed by atoms with Crippen LogP contribution in [-0.4, -0.2) is 32.9 Å². The van der Waals surface area contributed by atoms with E-state index in [-0.39, 0.29) is 0 Å². The molecule has 0 aromatic carbocycles. The van der Waals surface area contributed by atoms with Crippen LogP contribution in [0, 0.1) is 13.8 Å². The van der Waals surface area contributed by atoms with E-state index in [2.05, 4.69) is 10.4 Å². The zero-order valence-electron chi connectivity index (χ0n) is 12.0. The van der Waals surface area contributed by atoms with Crippen molar-refractivity contribution in [2.24, 2.45) is 0 Å². The molecule has 1 unspecified atom stereocenters. The smallest absolute Gasteiger partial charge is 0.323 e. The van der Waals surface area contributed by atoms with Crippen LogP contribution in [0.2, 0.25) is 5.02 Å². The van der Waals surface area contributed by atoms with Gasteiger partial charge in [-0.15, -0.1) is 0 Å². The Morgan fingerprint density at radius 2 is 2.16 bits per heavy atom. The third kappa shape index (κ3) is 3.70. The first-order chi connectivity index (χ1) is 8.81. The van der Waals surface area contributed by atoms with Gasteiger partial charge in [0, 0.05) is 6.54 Å². The van der Waals surface area contributed by atoms with E-state index in [1.165, 1.54) is 0 Å². The van der Waals surface area contributed by atoms with Crippen molar-refractivity contribution in [2.45, 2.75) is 52.6 Å². The first kappa shape index (κ1) is 16.0. The monoisotopic (exact) mass is 287 g/mol. The van der Waals surface area contributed by atoms with Gasteiger partial charge in [0.05, 0.1) is 16.4 Å². The number of nitrogens with zero attached hydrogens (tertiary/aromatic N) is 2. The van der Waals surface area contributed by atoms with Crippen LogP contribution in [0.1, 0.15) is 38.1 Å². The quantitative estimate of drug-likeness (QED) is 0.808. The van der Waals surface area contributed by atoms with Gasteiger partial charge in [0.25, 0.3) is 0 Å². The first-order valence-electron chi connectivity index (χ1n) is 6.49. The third-order valence-electron chi connectivity index (χ3n) is 3.35. The Bertz CT molecular complexity index is 459. The van der Waals surface area contributed by atoms with Crippen LogP contribution in [0.15, 0.2) is 0 Å². The summed E-state index contributed by atoms with van der Waals surface area (Å²) in [6.07, 6.45) is 1.36. The van der Waals surface area contributed by atoms with Crippen LogP contribution in [0.25, 0.3) is 0 Å². The van der Waals surface area contributed by atoms with E-state index in [9.17, 15) is 9.90 Å². The molecule has 0 saturated carbocycles. The van der Waals surface area contributed by atoms with Gasteiger partial charge in [-0.2, -0.15) is 5.10 Å². The number of hydrogen-bond acceptors (Lipinski definition) is 3. The fraction of sp³-hybridized carbons (Fsp3) is 0.692. The highest BCUT2D eigenvalue weighted by atomic mass is 35.5. The standard InChI is InChI=1S/C13H22ClN3O2/c1-5-7-15-13(4,12(18)19)6-8-17-10(3)11(14)9(2)16-17/h15H,5-8H2,1-4H3,(H,18,19). The summed E-state index contributed by atoms with van der Waals surface area (Å²) in [7, 11) is 0. The van der Waals surface area contributed by atoms with Crippen molar-refractivity contribution >= 4 is 17.6 Å². The fourth-order valence-electron chi connectivity index (χ4n) is 1.89. The number of aryl methyl sites for hydroxylation is 2. The lowest BCUT2D eigenvalue weighted by Gasteiger charge is -2.26. The number of hydrogen-bond donors (Lipinski definition) is 2. The molecule has 1 aromatic heterocycles. The molecule has 2 N–H and O–H groups in total. The number of rotatable bonds is 7. The molecule has 1 heterocycles. The van der Waals surface area contributed by atoms with E-state index >= 15 is 0 Å². The molecular formula is C13H22ClN3O2. The molecule has 1 aromatic rings. The Morgan fingerprint density at radius 1 is 1.53 bits per heavy atom. The van der Waals surface area contributed by atoms with Gasteiger partial charge in [-0.25, -0.2) is 0 Å². The summed E-state index contributed by atoms with van der Waals surface area (Å²) in [5.74, 6) is -0.839. The van der Waals surface area contributed by atoms with Crippen LogP contribution in [0.5, 0.6) is 0 Å². The Kier molecular flexibility index (Phi) is 5.38. The molecule has 0 spiro atoms. The van der Waals surface area contributed by atoms with Gasteiger partial charge < -0.3 is 10.4 Å². The molecule has 0 fully saturated rings. The highest BCUT2D eigenvalue weighted by Gasteiger charge is 2.32. The molecule has 5 nitrogen and oxygen atoms in total. The average molecular weight is 288 g/mol. The van der Waals surface area contributed by atoms with E-state index in [1.807, 2.05) is 20.8 Å². The zero-order chi connectivity index (χ0) is 14.6. The van der Waals surface area contributed by atoms with Crippen molar-refractivity contribution < 1.29 is 9.90 Å². The second-order valence-corrected chi connectivity index (χ2v) is 5.40. The van der Waals surface area contributed by atoms with Crippen molar-refractivity contribution in [3.05, 3.63) is 16.4 Å². The molecule has 0 radical (unpaired) electrons. The SMILES string of the molecule is CCCNC(C)(CCn1nc(C)c(Cl)c1C)C(=O)O. The largest absolute Gasteiger partial charge is 0.480 e. The molecule has 0 aliphatic carbocycles. The molecule has 0 bridgehead atoms. The Hall–Kier alpha value is -1.07. The number of carboxylic acids is 1. The van der Waals surface area contributed by atoms with Gasteiger partial charge in [-0.3, -0.25) is 9.48 Å². The molecule has 19 heavy (non-hydrogen) atoms. The minimum Gasteiger partial charge on any atom is -0.480 e. The van der Waals surface area contributed by atoms with Gasteiger partial charge in [0.2, 0.25) is 0 Å². The summed E-state index contributed by atoms with van der Waals surface area (Å²) in [5.41, 5.74) is 0.717. The number of carbonyl (C=O) groups is 1. The van der Waals surface area contributed by atoms with Gasteiger partial charge in [0.15, 0.2) is 0 Å². The lowest BCUT2D eigenvalue weighted by atomic mass is 9.98.